The van der Waals surface area contributed by atoms with Gasteiger partial charge in [0, 0.05) is 23.5 Å². The molecule has 3 rings (SSSR count). The van der Waals surface area contributed by atoms with Crippen LogP contribution in [0.5, 0.6) is 0 Å². The van der Waals surface area contributed by atoms with Gasteiger partial charge in [-0.25, -0.2) is 4.98 Å². The Morgan fingerprint density at radius 3 is 2.79 bits per heavy atom. The predicted molar refractivity (Wildman–Crippen MR) is 95.3 cm³/mol. The van der Waals surface area contributed by atoms with Crippen LogP contribution in [0.15, 0.2) is 47.6 Å². The second kappa shape index (κ2) is 7.49. The highest BCUT2D eigenvalue weighted by Crippen LogP contribution is 2.20. The van der Waals surface area contributed by atoms with Crippen molar-refractivity contribution < 1.29 is 9.59 Å². The Balaban J connectivity index is 1.53. The third-order valence-corrected chi connectivity index (χ3v) is 4.50. The number of pyridine rings is 1. The van der Waals surface area contributed by atoms with Gasteiger partial charge in [-0.2, -0.15) is 0 Å². The summed E-state index contributed by atoms with van der Waals surface area (Å²) in [5.74, 6) is 0.0584. The van der Waals surface area contributed by atoms with Crippen molar-refractivity contribution >= 4 is 29.3 Å². The van der Waals surface area contributed by atoms with Crippen molar-refractivity contribution in [1.82, 2.24) is 10.3 Å². The molecule has 0 unspecified atom stereocenters. The summed E-state index contributed by atoms with van der Waals surface area (Å²) in [6.45, 7) is 1.97. The van der Waals surface area contributed by atoms with E-state index in [0.717, 1.165) is 23.4 Å². The average molecular weight is 341 g/mol. The lowest BCUT2D eigenvalue weighted by atomic mass is 10.2. The number of carbonyl (C=O) groups excluding carboxylic acids is 2. The summed E-state index contributed by atoms with van der Waals surface area (Å²) in [6.07, 6.45) is 3.88. The molecule has 0 spiro atoms. The van der Waals surface area contributed by atoms with Gasteiger partial charge in [-0.1, -0.05) is 23.9 Å². The summed E-state index contributed by atoms with van der Waals surface area (Å²) in [4.78, 5) is 28.4. The second-order valence-corrected chi connectivity index (χ2v) is 6.83. The monoisotopic (exact) mass is 341 g/mol. The van der Waals surface area contributed by atoms with E-state index in [0.29, 0.717) is 17.3 Å². The molecule has 0 radical (unpaired) electrons. The number of aryl methyl sites for hydroxylation is 1. The molecule has 24 heavy (non-hydrogen) atoms. The van der Waals surface area contributed by atoms with E-state index in [1.807, 2.05) is 19.1 Å². The van der Waals surface area contributed by atoms with Crippen LogP contribution in [0.4, 0.5) is 5.69 Å². The number of amides is 2. The Labute approximate surface area is 145 Å². The number of hydrogen-bond acceptors (Lipinski definition) is 4. The Kier molecular flexibility index (Phi) is 5.15. The van der Waals surface area contributed by atoms with Crippen LogP contribution in [-0.4, -0.2) is 28.6 Å². The molecule has 1 fully saturated rings. The number of carbonyl (C=O) groups is 2. The molecule has 2 N–H and O–H groups in total. The molecule has 1 aliphatic rings. The maximum atomic E-state index is 12.1. The lowest BCUT2D eigenvalue weighted by Crippen LogP contribution is -2.25. The minimum atomic E-state index is -0.123. The number of thioether (sulfide) groups is 1. The van der Waals surface area contributed by atoms with Crippen LogP contribution < -0.4 is 10.6 Å². The highest BCUT2D eigenvalue weighted by molar-refractivity contribution is 7.99. The first kappa shape index (κ1) is 16.5. The minimum Gasteiger partial charge on any atom is -0.349 e. The van der Waals surface area contributed by atoms with Crippen molar-refractivity contribution in [3.05, 3.63) is 53.7 Å². The maximum Gasteiger partial charge on any atom is 0.251 e. The lowest BCUT2D eigenvalue weighted by Gasteiger charge is -2.08. The van der Waals surface area contributed by atoms with Crippen LogP contribution in [0.25, 0.3) is 0 Å². The van der Waals surface area contributed by atoms with Gasteiger partial charge in [-0.15, -0.1) is 0 Å². The standard InChI is InChI=1S/C18H19N3O2S/c1-12-5-8-17(19-10-12)24-11-16(22)20-15-4-2-3-13(9-15)18(23)21-14-6-7-14/h2-5,8-10,14H,6-7,11H2,1H3,(H,20,22)(H,21,23). The molecule has 2 aromatic rings. The Morgan fingerprint density at radius 1 is 1.25 bits per heavy atom. The molecule has 6 heteroatoms. The molecule has 1 heterocycles. The normalized spacial score (nSPS) is 13.4. The van der Waals surface area contributed by atoms with Gasteiger partial charge in [0.05, 0.1) is 10.8 Å². The fourth-order valence-corrected chi connectivity index (χ4v) is 2.75. The van der Waals surface area contributed by atoms with Gasteiger partial charge in [0.25, 0.3) is 5.91 Å². The van der Waals surface area contributed by atoms with Gasteiger partial charge in [0.15, 0.2) is 0 Å². The summed E-state index contributed by atoms with van der Waals surface area (Å²) in [7, 11) is 0. The first-order valence-corrected chi connectivity index (χ1v) is 8.85. The number of anilines is 1. The maximum absolute atomic E-state index is 12.1. The highest BCUT2D eigenvalue weighted by Gasteiger charge is 2.23. The van der Waals surface area contributed by atoms with E-state index in [9.17, 15) is 9.59 Å². The average Bonchev–Trinajstić information content (AvgIpc) is 3.38. The predicted octanol–water partition coefficient (Wildman–Crippen LogP) is 3.01. The second-order valence-electron chi connectivity index (χ2n) is 5.84. The Morgan fingerprint density at radius 2 is 2.08 bits per heavy atom. The molecule has 124 valence electrons. The summed E-state index contributed by atoms with van der Waals surface area (Å²) < 4.78 is 0. The summed E-state index contributed by atoms with van der Waals surface area (Å²) in [5, 5.41) is 6.57. The molecule has 0 saturated heterocycles. The fourth-order valence-electron chi connectivity index (χ4n) is 2.11. The number of rotatable bonds is 6. The van der Waals surface area contributed by atoms with E-state index in [-0.39, 0.29) is 17.6 Å². The number of benzene rings is 1. The van der Waals surface area contributed by atoms with E-state index < -0.39 is 0 Å². The molecule has 0 aliphatic heterocycles. The number of nitrogens with zero attached hydrogens (tertiary/aromatic N) is 1. The van der Waals surface area contributed by atoms with E-state index in [2.05, 4.69) is 15.6 Å². The van der Waals surface area contributed by atoms with Crippen molar-refractivity contribution in [2.75, 3.05) is 11.1 Å². The van der Waals surface area contributed by atoms with Gasteiger partial charge in [-0.05, 0) is 49.6 Å². The first-order valence-electron chi connectivity index (χ1n) is 7.86. The summed E-state index contributed by atoms with van der Waals surface area (Å²) >= 11 is 1.38. The Hall–Kier alpha value is -2.34. The topological polar surface area (TPSA) is 71.1 Å². The van der Waals surface area contributed by atoms with Gasteiger partial charge in [-0.3, -0.25) is 9.59 Å². The van der Waals surface area contributed by atoms with Crippen LogP contribution in [-0.2, 0) is 4.79 Å². The van der Waals surface area contributed by atoms with Gasteiger partial charge in [0.2, 0.25) is 5.91 Å². The van der Waals surface area contributed by atoms with Crippen molar-refractivity contribution in [3.63, 3.8) is 0 Å². The molecular formula is C18H19N3O2S. The zero-order valence-corrected chi connectivity index (χ0v) is 14.2. The lowest BCUT2D eigenvalue weighted by molar-refractivity contribution is -0.113. The molecule has 0 atom stereocenters. The minimum absolute atomic E-state index is 0.0909. The van der Waals surface area contributed by atoms with E-state index in [1.54, 1.807) is 30.5 Å². The van der Waals surface area contributed by atoms with Crippen LogP contribution in [0.1, 0.15) is 28.8 Å². The molecule has 1 saturated carbocycles. The van der Waals surface area contributed by atoms with Crippen molar-refractivity contribution in [1.29, 1.82) is 0 Å². The van der Waals surface area contributed by atoms with Crippen LogP contribution >= 0.6 is 11.8 Å². The molecule has 1 aromatic carbocycles. The summed E-state index contributed by atoms with van der Waals surface area (Å²) in [5.41, 5.74) is 2.28. The third-order valence-electron chi connectivity index (χ3n) is 3.56. The largest absolute Gasteiger partial charge is 0.349 e. The van der Waals surface area contributed by atoms with Gasteiger partial charge < -0.3 is 10.6 Å². The van der Waals surface area contributed by atoms with Gasteiger partial charge in [0.1, 0.15) is 0 Å². The zero-order valence-electron chi connectivity index (χ0n) is 13.4. The van der Waals surface area contributed by atoms with Gasteiger partial charge >= 0.3 is 0 Å². The molecule has 2 amide bonds. The molecule has 0 bridgehead atoms. The van der Waals surface area contributed by atoms with Crippen molar-refractivity contribution in [2.45, 2.75) is 30.8 Å². The smallest absolute Gasteiger partial charge is 0.251 e. The van der Waals surface area contributed by atoms with Crippen molar-refractivity contribution in [3.8, 4) is 0 Å². The summed E-state index contributed by atoms with van der Waals surface area (Å²) in [6, 6.07) is 11.2. The van der Waals surface area contributed by atoms with Crippen LogP contribution in [0.2, 0.25) is 0 Å². The number of aromatic nitrogens is 1. The fraction of sp³-hybridized carbons (Fsp3) is 0.278. The molecule has 1 aliphatic carbocycles. The SMILES string of the molecule is Cc1ccc(SCC(=O)Nc2cccc(C(=O)NC3CC3)c2)nc1. The van der Waals surface area contributed by atoms with E-state index in [4.69, 9.17) is 0 Å². The molecule has 1 aromatic heterocycles. The van der Waals surface area contributed by atoms with Crippen LogP contribution in [0.3, 0.4) is 0 Å². The molecule has 5 nitrogen and oxygen atoms in total. The van der Waals surface area contributed by atoms with E-state index in [1.165, 1.54) is 11.8 Å². The highest BCUT2D eigenvalue weighted by atomic mass is 32.2. The Bertz CT molecular complexity index is 742. The number of hydrogen-bond donors (Lipinski definition) is 2. The first-order chi connectivity index (χ1) is 11.6. The number of nitrogens with one attached hydrogen (secondary N) is 2. The molecular weight excluding hydrogens is 322 g/mol. The third kappa shape index (κ3) is 4.83. The van der Waals surface area contributed by atoms with Crippen molar-refractivity contribution in [2.24, 2.45) is 0 Å². The zero-order chi connectivity index (χ0) is 16.9. The van der Waals surface area contributed by atoms with Crippen LogP contribution in [0, 0.1) is 6.92 Å². The van der Waals surface area contributed by atoms with E-state index >= 15 is 0 Å². The quantitative estimate of drug-likeness (QED) is 0.792.